The Morgan fingerprint density at radius 1 is 1.30 bits per heavy atom. The summed E-state index contributed by atoms with van der Waals surface area (Å²) in [5, 5.41) is 3.15. The fourth-order valence-corrected chi connectivity index (χ4v) is 2.88. The molecule has 20 heavy (non-hydrogen) atoms. The monoisotopic (exact) mass is 396 g/mol. The zero-order valence-corrected chi connectivity index (χ0v) is 16.3. The van der Waals surface area contributed by atoms with E-state index in [-0.39, 0.29) is 29.5 Å². The molecule has 0 aromatic carbocycles. The van der Waals surface area contributed by atoms with Crippen LogP contribution in [0.2, 0.25) is 0 Å². The van der Waals surface area contributed by atoms with Crippen LogP contribution in [-0.4, -0.2) is 42.1 Å². The molecule has 2 atom stereocenters. The van der Waals surface area contributed by atoms with Crippen molar-refractivity contribution in [3.05, 3.63) is 0 Å². The maximum absolute atomic E-state index is 5.89. The molecule has 0 amide bonds. The molecule has 0 saturated carbocycles. The first kappa shape index (κ1) is 20.0. The normalized spacial score (nSPS) is 25.4. The number of nitrogens with two attached hydrogens (primary N) is 1. The number of hydrogen-bond donors (Lipinski definition) is 2. The van der Waals surface area contributed by atoms with Gasteiger partial charge in [-0.2, -0.15) is 0 Å². The van der Waals surface area contributed by atoms with E-state index in [1.165, 1.54) is 19.5 Å². The average molecular weight is 396 g/mol. The highest BCUT2D eigenvalue weighted by Gasteiger charge is 2.32. The average Bonchev–Trinajstić information content (AvgIpc) is 2.24. The maximum Gasteiger partial charge on any atom is 0.188 e. The first-order valence-corrected chi connectivity index (χ1v) is 7.52. The van der Waals surface area contributed by atoms with Crippen molar-refractivity contribution in [3.8, 4) is 0 Å². The van der Waals surface area contributed by atoms with Crippen molar-refractivity contribution in [1.29, 1.82) is 0 Å². The van der Waals surface area contributed by atoms with E-state index in [0.717, 1.165) is 18.4 Å². The predicted molar refractivity (Wildman–Crippen MR) is 98.8 cm³/mol. The summed E-state index contributed by atoms with van der Waals surface area (Å²) in [6.45, 7) is 16.5. The van der Waals surface area contributed by atoms with Crippen LogP contribution in [0.4, 0.5) is 0 Å². The molecule has 1 aliphatic rings. The van der Waals surface area contributed by atoms with Crippen molar-refractivity contribution in [1.82, 2.24) is 10.2 Å². The standard InChI is InChI=1S/C15H32N4.HI/c1-11(2)18-14(16)17-10-15(5,6)19-8-12(3)7-13(4)9-19;/h11-13H,7-10H2,1-6H3,(H3,16,17,18);1H. The fraction of sp³-hybridized carbons (Fsp3) is 0.933. The second kappa shape index (κ2) is 8.41. The molecule has 5 heteroatoms. The molecule has 0 aromatic heterocycles. The molecule has 2 unspecified atom stereocenters. The molecule has 0 spiro atoms. The van der Waals surface area contributed by atoms with Gasteiger partial charge in [0.2, 0.25) is 0 Å². The second-order valence-corrected chi connectivity index (χ2v) is 7.16. The van der Waals surface area contributed by atoms with Crippen LogP contribution < -0.4 is 11.1 Å². The Hall–Kier alpha value is -0.0400. The minimum atomic E-state index is 0. The molecule has 0 aromatic rings. The largest absolute Gasteiger partial charge is 0.370 e. The highest BCUT2D eigenvalue weighted by Crippen LogP contribution is 2.27. The molecule has 3 N–H and O–H groups in total. The highest BCUT2D eigenvalue weighted by atomic mass is 127. The van der Waals surface area contributed by atoms with Crippen molar-refractivity contribution >= 4 is 29.9 Å². The zero-order chi connectivity index (χ0) is 14.6. The number of nitrogens with one attached hydrogen (secondary N) is 1. The number of nitrogens with zero attached hydrogens (tertiary/aromatic N) is 2. The van der Waals surface area contributed by atoms with E-state index < -0.39 is 0 Å². The lowest BCUT2D eigenvalue weighted by molar-refractivity contribution is 0.0513. The number of rotatable bonds is 4. The van der Waals surface area contributed by atoms with Gasteiger partial charge in [0.25, 0.3) is 0 Å². The molecule has 1 saturated heterocycles. The Kier molecular flexibility index (Phi) is 8.40. The third-order valence-electron chi connectivity index (χ3n) is 3.80. The SMILES string of the molecule is CC1CC(C)CN(C(C)(C)CN=C(N)NC(C)C)C1.I. The number of aliphatic imine (C=N–C) groups is 1. The van der Waals surface area contributed by atoms with Crippen LogP contribution in [0.1, 0.15) is 48.0 Å². The summed E-state index contributed by atoms with van der Waals surface area (Å²) >= 11 is 0. The van der Waals surface area contributed by atoms with Crippen LogP contribution in [0.25, 0.3) is 0 Å². The van der Waals surface area contributed by atoms with Gasteiger partial charge in [0.05, 0.1) is 6.54 Å². The quantitative estimate of drug-likeness (QED) is 0.437. The second-order valence-electron chi connectivity index (χ2n) is 7.16. The first-order valence-electron chi connectivity index (χ1n) is 7.52. The zero-order valence-electron chi connectivity index (χ0n) is 13.9. The van der Waals surface area contributed by atoms with Gasteiger partial charge in [0.15, 0.2) is 5.96 Å². The van der Waals surface area contributed by atoms with Gasteiger partial charge in [-0.1, -0.05) is 13.8 Å². The van der Waals surface area contributed by atoms with Gasteiger partial charge in [0, 0.05) is 24.7 Å². The Morgan fingerprint density at radius 3 is 2.25 bits per heavy atom. The third kappa shape index (κ3) is 6.61. The Bertz CT molecular complexity index is 305. The topological polar surface area (TPSA) is 53.6 Å². The van der Waals surface area contributed by atoms with E-state index >= 15 is 0 Å². The van der Waals surface area contributed by atoms with E-state index in [9.17, 15) is 0 Å². The fourth-order valence-electron chi connectivity index (χ4n) is 2.88. The van der Waals surface area contributed by atoms with Crippen LogP contribution in [-0.2, 0) is 0 Å². The van der Waals surface area contributed by atoms with E-state index in [0.29, 0.717) is 12.0 Å². The van der Waals surface area contributed by atoms with Gasteiger partial charge >= 0.3 is 0 Å². The van der Waals surface area contributed by atoms with E-state index in [1.807, 2.05) is 0 Å². The molecule has 0 aliphatic carbocycles. The molecule has 0 radical (unpaired) electrons. The van der Waals surface area contributed by atoms with E-state index in [4.69, 9.17) is 5.73 Å². The maximum atomic E-state index is 5.89. The molecule has 1 rings (SSSR count). The number of hydrogen-bond acceptors (Lipinski definition) is 2. The number of piperidine rings is 1. The lowest BCUT2D eigenvalue weighted by Crippen LogP contribution is -2.53. The summed E-state index contributed by atoms with van der Waals surface area (Å²) in [6, 6.07) is 0.335. The van der Waals surface area contributed by atoms with Gasteiger partial charge in [0.1, 0.15) is 0 Å². The Balaban J connectivity index is 0.00000361. The van der Waals surface area contributed by atoms with E-state index in [2.05, 4.69) is 56.8 Å². The molecular weight excluding hydrogens is 363 g/mol. The van der Waals surface area contributed by atoms with Crippen molar-refractivity contribution in [2.45, 2.75) is 59.5 Å². The molecule has 0 bridgehead atoms. The van der Waals surface area contributed by atoms with Gasteiger partial charge < -0.3 is 11.1 Å². The lowest BCUT2D eigenvalue weighted by atomic mass is 9.88. The number of likely N-dealkylation sites (tertiary alicyclic amines) is 1. The van der Waals surface area contributed by atoms with Gasteiger partial charge in [-0.25, -0.2) is 0 Å². The smallest absolute Gasteiger partial charge is 0.188 e. The Morgan fingerprint density at radius 2 is 1.80 bits per heavy atom. The van der Waals surface area contributed by atoms with Crippen LogP contribution in [0.15, 0.2) is 4.99 Å². The van der Waals surface area contributed by atoms with Crippen LogP contribution in [0, 0.1) is 11.8 Å². The number of halogens is 1. The molecule has 120 valence electrons. The summed E-state index contributed by atoms with van der Waals surface area (Å²) in [7, 11) is 0. The molecular formula is C15H33IN4. The summed E-state index contributed by atoms with van der Waals surface area (Å²) < 4.78 is 0. The van der Waals surface area contributed by atoms with Crippen molar-refractivity contribution in [2.75, 3.05) is 19.6 Å². The van der Waals surface area contributed by atoms with E-state index in [1.54, 1.807) is 0 Å². The van der Waals surface area contributed by atoms with Crippen LogP contribution >= 0.6 is 24.0 Å². The number of guanidine groups is 1. The molecule has 4 nitrogen and oxygen atoms in total. The summed E-state index contributed by atoms with van der Waals surface area (Å²) in [6.07, 6.45) is 1.34. The third-order valence-corrected chi connectivity index (χ3v) is 3.80. The van der Waals surface area contributed by atoms with Crippen LogP contribution in [0.5, 0.6) is 0 Å². The van der Waals surface area contributed by atoms with Gasteiger partial charge in [-0.05, 0) is 46.0 Å². The van der Waals surface area contributed by atoms with Crippen molar-refractivity contribution < 1.29 is 0 Å². The van der Waals surface area contributed by atoms with Crippen molar-refractivity contribution in [3.63, 3.8) is 0 Å². The molecule has 1 heterocycles. The highest BCUT2D eigenvalue weighted by molar-refractivity contribution is 14.0. The van der Waals surface area contributed by atoms with Crippen LogP contribution in [0.3, 0.4) is 0 Å². The summed E-state index contributed by atoms with van der Waals surface area (Å²) in [5.41, 5.74) is 5.96. The minimum Gasteiger partial charge on any atom is -0.370 e. The van der Waals surface area contributed by atoms with Crippen molar-refractivity contribution in [2.24, 2.45) is 22.6 Å². The Labute approximate surface area is 142 Å². The lowest BCUT2D eigenvalue weighted by Gasteiger charge is -2.44. The van der Waals surface area contributed by atoms with Gasteiger partial charge in [-0.3, -0.25) is 9.89 Å². The minimum absolute atomic E-state index is 0. The molecule has 1 fully saturated rings. The molecule has 1 aliphatic heterocycles. The van der Waals surface area contributed by atoms with Gasteiger partial charge in [-0.15, -0.1) is 24.0 Å². The summed E-state index contributed by atoms with van der Waals surface area (Å²) in [4.78, 5) is 7.07. The first-order chi connectivity index (χ1) is 8.70. The predicted octanol–water partition coefficient (Wildman–Crippen LogP) is 2.67. The summed E-state index contributed by atoms with van der Waals surface area (Å²) in [5.74, 6) is 2.11.